The van der Waals surface area contributed by atoms with E-state index in [2.05, 4.69) is 44.2 Å². The normalized spacial score (nSPS) is 25.4. The van der Waals surface area contributed by atoms with E-state index in [9.17, 15) is 4.79 Å². The van der Waals surface area contributed by atoms with E-state index in [0.29, 0.717) is 18.4 Å². The maximum atomic E-state index is 13.1. The minimum atomic E-state index is -0.0560. The summed E-state index contributed by atoms with van der Waals surface area (Å²) in [6.45, 7) is 5.10. The van der Waals surface area contributed by atoms with Gasteiger partial charge in [0.15, 0.2) is 5.82 Å². The Morgan fingerprint density at radius 3 is 2.65 bits per heavy atom. The summed E-state index contributed by atoms with van der Waals surface area (Å²) < 4.78 is 0. The molecular formula is C25H34N8O. The van der Waals surface area contributed by atoms with Crippen LogP contribution in [0.5, 0.6) is 0 Å². The first-order valence-corrected chi connectivity index (χ1v) is 12.3. The van der Waals surface area contributed by atoms with Crippen molar-refractivity contribution in [2.24, 2.45) is 11.8 Å². The van der Waals surface area contributed by atoms with Crippen molar-refractivity contribution in [3.63, 3.8) is 0 Å². The van der Waals surface area contributed by atoms with Gasteiger partial charge in [0.1, 0.15) is 5.82 Å². The van der Waals surface area contributed by atoms with Crippen molar-refractivity contribution in [1.82, 2.24) is 25.5 Å². The van der Waals surface area contributed by atoms with Crippen molar-refractivity contribution < 1.29 is 4.79 Å². The number of amides is 1. The monoisotopic (exact) mass is 462 g/mol. The van der Waals surface area contributed by atoms with E-state index in [-0.39, 0.29) is 23.8 Å². The lowest BCUT2D eigenvalue weighted by molar-refractivity contribution is -0.126. The lowest BCUT2D eigenvalue weighted by Crippen LogP contribution is -2.49. The molecule has 34 heavy (non-hydrogen) atoms. The molecule has 3 aromatic rings. The fraction of sp³-hybridized carbons (Fsp3) is 0.520. The predicted molar refractivity (Wildman–Crippen MR) is 135 cm³/mol. The number of nitrogens with one attached hydrogen (secondary N) is 2. The summed E-state index contributed by atoms with van der Waals surface area (Å²) in [5.41, 5.74) is 14.5. The van der Waals surface area contributed by atoms with E-state index in [1.165, 1.54) is 12.8 Å². The summed E-state index contributed by atoms with van der Waals surface area (Å²) in [5.74, 6) is 2.32. The van der Waals surface area contributed by atoms with Crippen LogP contribution in [-0.4, -0.2) is 44.7 Å². The summed E-state index contributed by atoms with van der Waals surface area (Å²) >= 11 is 0. The summed E-state index contributed by atoms with van der Waals surface area (Å²) in [5, 5.41) is 11.2. The fourth-order valence-electron chi connectivity index (χ4n) is 5.31. The lowest BCUT2D eigenvalue weighted by atomic mass is 9.86. The number of benzene rings is 1. The van der Waals surface area contributed by atoms with Crippen LogP contribution in [0.1, 0.15) is 52.4 Å². The molecule has 3 heterocycles. The third-order valence-electron chi connectivity index (χ3n) is 7.53. The zero-order valence-electron chi connectivity index (χ0n) is 19.9. The van der Waals surface area contributed by atoms with Crippen molar-refractivity contribution in [2.45, 2.75) is 64.5 Å². The van der Waals surface area contributed by atoms with Crippen molar-refractivity contribution in [1.29, 1.82) is 0 Å². The van der Waals surface area contributed by atoms with Crippen LogP contribution < -0.4 is 21.7 Å². The average Bonchev–Trinajstić information content (AvgIpc) is 3.20. The Kier molecular flexibility index (Phi) is 6.02. The van der Waals surface area contributed by atoms with Gasteiger partial charge in [-0.3, -0.25) is 9.89 Å². The summed E-state index contributed by atoms with van der Waals surface area (Å²) in [7, 11) is 0. The second-order valence-electron chi connectivity index (χ2n) is 10.1. The first-order valence-electron chi connectivity index (χ1n) is 12.3. The number of nitrogens with zero attached hydrogens (tertiary/aromatic N) is 4. The Morgan fingerprint density at radius 1 is 1.06 bits per heavy atom. The van der Waals surface area contributed by atoms with Crippen LogP contribution in [0.3, 0.4) is 0 Å². The maximum Gasteiger partial charge on any atom is 0.225 e. The predicted octanol–water partition coefficient (Wildman–Crippen LogP) is 3.48. The molecule has 2 aromatic heterocycles. The van der Waals surface area contributed by atoms with Gasteiger partial charge in [-0.2, -0.15) is 10.1 Å². The number of anilines is 3. The molecule has 180 valence electrons. The Balaban J connectivity index is 1.35. The highest BCUT2D eigenvalue weighted by molar-refractivity contribution is 5.91. The Hall–Kier alpha value is -3.36. The SMILES string of the molecule is CC1CCC(NC(=O)[C@H]2CC[C@@H](C)N(c3cc(-c4ccc5c(N)n[nH]c5c4)nc(N)n3)C2)CC1. The smallest absolute Gasteiger partial charge is 0.225 e. The van der Waals surface area contributed by atoms with Crippen molar-refractivity contribution in [3.8, 4) is 11.3 Å². The van der Waals surface area contributed by atoms with Crippen LogP contribution in [0.4, 0.5) is 17.6 Å². The van der Waals surface area contributed by atoms with Gasteiger partial charge >= 0.3 is 0 Å². The Labute approximate surface area is 199 Å². The molecule has 6 N–H and O–H groups in total. The molecule has 1 amide bonds. The average molecular weight is 463 g/mol. The van der Waals surface area contributed by atoms with Gasteiger partial charge in [-0.1, -0.05) is 13.0 Å². The van der Waals surface area contributed by atoms with Gasteiger partial charge in [-0.25, -0.2) is 4.98 Å². The molecule has 2 aliphatic rings. The number of aromatic nitrogens is 4. The Morgan fingerprint density at radius 2 is 1.85 bits per heavy atom. The molecule has 1 saturated heterocycles. The number of piperidine rings is 1. The molecule has 9 nitrogen and oxygen atoms in total. The van der Waals surface area contributed by atoms with Crippen LogP contribution in [-0.2, 0) is 4.79 Å². The molecule has 0 spiro atoms. The van der Waals surface area contributed by atoms with Crippen LogP contribution in [0, 0.1) is 11.8 Å². The second kappa shape index (κ2) is 9.12. The minimum absolute atomic E-state index is 0.0560. The number of nitrogens with two attached hydrogens (primary N) is 2. The zero-order chi connectivity index (χ0) is 23.8. The van der Waals surface area contributed by atoms with Crippen molar-refractivity contribution in [3.05, 3.63) is 24.3 Å². The largest absolute Gasteiger partial charge is 0.382 e. The molecule has 1 saturated carbocycles. The van der Waals surface area contributed by atoms with E-state index < -0.39 is 0 Å². The highest BCUT2D eigenvalue weighted by Gasteiger charge is 2.32. The molecule has 0 bridgehead atoms. The van der Waals surface area contributed by atoms with Gasteiger partial charge in [-0.05, 0) is 63.5 Å². The van der Waals surface area contributed by atoms with Gasteiger partial charge < -0.3 is 21.7 Å². The quantitative estimate of drug-likeness (QED) is 0.465. The third-order valence-corrected chi connectivity index (χ3v) is 7.53. The number of carbonyl (C=O) groups is 1. The summed E-state index contributed by atoms with van der Waals surface area (Å²) in [4.78, 5) is 24.3. The molecule has 2 fully saturated rings. The minimum Gasteiger partial charge on any atom is -0.382 e. The van der Waals surface area contributed by atoms with E-state index in [0.717, 1.165) is 59.6 Å². The van der Waals surface area contributed by atoms with E-state index in [1.54, 1.807) is 0 Å². The van der Waals surface area contributed by atoms with Crippen LogP contribution in [0.15, 0.2) is 24.3 Å². The molecule has 0 radical (unpaired) electrons. The number of hydrogen-bond acceptors (Lipinski definition) is 7. The van der Waals surface area contributed by atoms with Crippen LogP contribution in [0.2, 0.25) is 0 Å². The molecule has 0 unspecified atom stereocenters. The Bertz CT molecular complexity index is 1180. The summed E-state index contributed by atoms with van der Waals surface area (Å²) in [6.07, 6.45) is 6.36. The number of rotatable bonds is 4. The summed E-state index contributed by atoms with van der Waals surface area (Å²) in [6, 6.07) is 8.38. The van der Waals surface area contributed by atoms with Crippen molar-refractivity contribution in [2.75, 3.05) is 22.9 Å². The van der Waals surface area contributed by atoms with E-state index >= 15 is 0 Å². The number of carbonyl (C=O) groups excluding carboxylic acids is 1. The molecular weight excluding hydrogens is 428 g/mol. The van der Waals surface area contributed by atoms with E-state index in [4.69, 9.17) is 11.5 Å². The molecule has 1 aliphatic heterocycles. The van der Waals surface area contributed by atoms with Gasteiger partial charge in [0.2, 0.25) is 11.9 Å². The van der Waals surface area contributed by atoms with Gasteiger partial charge in [0.05, 0.1) is 17.1 Å². The first-order chi connectivity index (χ1) is 16.4. The number of nitrogen functional groups attached to an aromatic ring is 2. The zero-order valence-corrected chi connectivity index (χ0v) is 19.9. The van der Waals surface area contributed by atoms with E-state index in [1.807, 2.05) is 24.3 Å². The molecule has 1 aromatic carbocycles. The molecule has 1 aliphatic carbocycles. The highest BCUT2D eigenvalue weighted by atomic mass is 16.2. The number of H-pyrrole nitrogens is 1. The number of hydrogen-bond donors (Lipinski definition) is 4. The van der Waals surface area contributed by atoms with Gasteiger partial charge in [-0.15, -0.1) is 0 Å². The number of aromatic amines is 1. The van der Waals surface area contributed by atoms with Crippen LogP contribution in [0.25, 0.3) is 22.2 Å². The van der Waals surface area contributed by atoms with Gasteiger partial charge in [0.25, 0.3) is 0 Å². The molecule has 2 atom stereocenters. The van der Waals surface area contributed by atoms with Crippen LogP contribution >= 0.6 is 0 Å². The molecule has 9 heteroatoms. The fourth-order valence-corrected chi connectivity index (χ4v) is 5.31. The number of fused-ring (bicyclic) bond motifs is 1. The topological polar surface area (TPSA) is 139 Å². The van der Waals surface area contributed by atoms with Crippen molar-refractivity contribution >= 4 is 34.4 Å². The third kappa shape index (κ3) is 4.51. The standard InChI is InChI=1S/C25H34N8O/c1-14-3-8-18(9-4-14)28-24(34)17-6-5-15(2)33(13-17)22-12-20(29-25(27)30-22)16-7-10-19-21(11-16)31-32-23(19)26/h7,10-12,14-15,17-18H,3-6,8-9,13H2,1-2H3,(H,28,34)(H3,26,31,32)(H2,27,29,30)/t14?,15-,17+,18?/m1/s1. The maximum absolute atomic E-state index is 13.1. The lowest BCUT2D eigenvalue weighted by Gasteiger charge is -2.39. The second-order valence-corrected chi connectivity index (χ2v) is 10.1. The van der Waals surface area contributed by atoms with Gasteiger partial charge in [0, 0.05) is 35.6 Å². The first kappa shape index (κ1) is 22.4. The molecule has 5 rings (SSSR count). The highest BCUT2D eigenvalue weighted by Crippen LogP contribution is 2.32.